The fourth-order valence-electron chi connectivity index (χ4n) is 1.48. The number of β-amino-alcohol motifs (C(OH)–C–C–N with tert-alkyl or cyclic N) is 1. The second-order valence-corrected chi connectivity index (χ2v) is 4.46. The van der Waals surface area contributed by atoms with Crippen molar-refractivity contribution in [2.24, 2.45) is 0 Å². The first kappa shape index (κ1) is 11.9. The minimum Gasteiger partial charge on any atom is -0.389 e. The average Bonchev–Trinajstić information content (AvgIpc) is 2.52. The van der Waals surface area contributed by atoms with Gasteiger partial charge in [0.2, 0.25) is 0 Å². The molecule has 0 aromatic carbocycles. The van der Waals surface area contributed by atoms with E-state index in [-0.39, 0.29) is 0 Å². The Kier molecular flexibility index (Phi) is 4.27. The molecule has 1 aliphatic rings. The molecule has 0 aromatic heterocycles. The zero-order valence-electron chi connectivity index (χ0n) is 7.79. The van der Waals surface area contributed by atoms with Crippen LogP contribution in [-0.4, -0.2) is 55.3 Å². The minimum atomic E-state index is -4.43. The van der Waals surface area contributed by atoms with Gasteiger partial charge in [-0.3, -0.25) is 4.55 Å². The van der Waals surface area contributed by atoms with Crippen LogP contribution in [0.15, 0.2) is 0 Å². The summed E-state index contributed by atoms with van der Waals surface area (Å²) < 4.78 is 32.7. The van der Waals surface area contributed by atoms with Crippen LogP contribution in [0.5, 0.6) is 0 Å². The zero-order chi connectivity index (χ0) is 10.6. The summed E-state index contributed by atoms with van der Waals surface area (Å²) in [6.45, 7) is 1.83. The van der Waals surface area contributed by atoms with Crippen LogP contribution >= 0.6 is 0 Å². The third kappa shape index (κ3) is 4.87. The van der Waals surface area contributed by atoms with Crippen LogP contribution in [-0.2, 0) is 14.6 Å². The first-order valence-electron chi connectivity index (χ1n) is 4.49. The number of hydrogen-bond acceptors (Lipinski definition) is 5. The summed E-state index contributed by atoms with van der Waals surface area (Å²) in [5.74, 6) is 0. The van der Waals surface area contributed by atoms with Crippen molar-refractivity contribution in [3.63, 3.8) is 0 Å². The molecule has 0 aromatic rings. The van der Waals surface area contributed by atoms with Gasteiger partial charge < -0.3 is 10.0 Å². The molecule has 0 saturated carbocycles. The fourth-order valence-corrected chi connectivity index (χ4v) is 1.81. The molecule has 1 aliphatic heterocycles. The molecule has 0 amide bonds. The second-order valence-electron chi connectivity index (χ2n) is 3.37. The molecule has 2 N–H and O–H groups in total. The highest BCUT2D eigenvalue weighted by Gasteiger charge is 2.17. The van der Waals surface area contributed by atoms with Gasteiger partial charge in [0.15, 0.2) is 0 Å². The second kappa shape index (κ2) is 5.04. The molecule has 6 nitrogen and oxygen atoms in total. The van der Waals surface area contributed by atoms with E-state index in [1.54, 1.807) is 0 Å². The Balaban J connectivity index is 2.18. The number of rotatable bonds is 5. The summed E-state index contributed by atoms with van der Waals surface area (Å²) in [6.07, 6.45) is 1.33. The number of hydrogen-bond donors (Lipinski definition) is 2. The van der Waals surface area contributed by atoms with Crippen molar-refractivity contribution in [3.05, 3.63) is 0 Å². The lowest BCUT2D eigenvalue weighted by molar-refractivity contribution is 0.0730. The zero-order valence-corrected chi connectivity index (χ0v) is 8.61. The Labute approximate surface area is 83.4 Å². The van der Waals surface area contributed by atoms with E-state index in [0.717, 1.165) is 25.9 Å². The van der Waals surface area contributed by atoms with E-state index in [1.807, 2.05) is 4.90 Å². The third-order valence-electron chi connectivity index (χ3n) is 2.08. The highest BCUT2D eigenvalue weighted by Crippen LogP contribution is 2.07. The molecule has 0 spiro atoms. The maximum absolute atomic E-state index is 10.2. The molecule has 1 saturated heterocycles. The Morgan fingerprint density at radius 2 is 1.93 bits per heavy atom. The van der Waals surface area contributed by atoms with E-state index in [2.05, 4.69) is 4.18 Å². The molecule has 1 rings (SSSR count). The first-order valence-corrected chi connectivity index (χ1v) is 5.86. The molecule has 0 bridgehead atoms. The maximum atomic E-state index is 10.2. The van der Waals surface area contributed by atoms with Gasteiger partial charge in [0.05, 0.1) is 12.7 Å². The van der Waals surface area contributed by atoms with Crippen LogP contribution in [0.1, 0.15) is 12.8 Å². The van der Waals surface area contributed by atoms with Gasteiger partial charge in [-0.25, -0.2) is 4.18 Å². The van der Waals surface area contributed by atoms with Crippen molar-refractivity contribution >= 4 is 10.4 Å². The molecular weight excluding hydrogens is 210 g/mol. The number of likely N-dealkylation sites (tertiary alicyclic amines) is 1. The van der Waals surface area contributed by atoms with Crippen LogP contribution < -0.4 is 0 Å². The first-order chi connectivity index (χ1) is 6.47. The molecular formula is C7H15NO5S. The Morgan fingerprint density at radius 3 is 2.43 bits per heavy atom. The largest absolute Gasteiger partial charge is 0.397 e. The minimum absolute atomic E-state index is 0.384. The van der Waals surface area contributed by atoms with Gasteiger partial charge >= 0.3 is 10.4 Å². The van der Waals surface area contributed by atoms with Gasteiger partial charge in [-0.05, 0) is 25.9 Å². The van der Waals surface area contributed by atoms with Gasteiger partial charge in [-0.1, -0.05) is 0 Å². The standard InChI is InChI=1S/C7H15NO5S/c9-7(6-13-14(10,11)12)5-8-3-1-2-4-8/h7,9H,1-6H2,(H,10,11,12). The van der Waals surface area contributed by atoms with E-state index < -0.39 is 23.1 Å². The average molecular weight is 225 g/mol. The fraction of sp³-hybridized carbons (Fsp3) is 1.00. The maximum Gasteiger partial charge on any atom is 0.397 e. The van der Waals surface area contributed by atoms with Crippen LogP contribution in [0, 0.1) is 0 Å². The normalized spacial score (nSPS) is 21.3. The van der Waals surface area contributed by atoms with Crippen LogP contribution in [0.25, 0.3) is 0 Å². The molecule has 1 fully saturated rings. The predicted molar refractivity (Wildman–Crippen MR) is 49.2 cm³/mol. The predicted octanol–water partition coefficient (Wildman–Crippen LogP) is -0.738. The molecule has 14 heavy (non-hydrogen) atoms. The molecule has 0 aliphatic carbocycles. The Bertz CT molecular complexity index is 259. The van der Waals surface area contributed by atoms with Gasteiger partial charge in [0.25, 0.3) is 0 Å². The number of nitrogens with zero attached hydrogens (tertiary/aromatic N) is 1. The van der Waals surface area contributed by atoms with Crippen LogP contribution in [0.2, 0.25) is 0 Å². The summed E-state index contributed by atoms with van der Waals surface area (Å²) >= 11 is 0. The summed E-state index contributed by atoms with van der Waals surface area (Å²) in [5.41, 5.74) is 0. The van der Waals surface area contributed by atoms with Crippen LogP contribution in [0.3, 0.4) is 0 Å². The third-order valence-corrected chi connectivity index (χ3v) is 2.51. The Morgan fingerprint density at radius 1 is 1.36 bits per heavy atom. The monoisotopic (exact) mass is 225 g/mol. The summed E-state index contributed by atoms with van der Waals surface area (Å²) in [6, 6.07) is 0. The van der Waals surface area contributed by atoms with E-state index in [4.69, 9.17) is 4.55 Å². The van der Waals surface area contributed by atoms with Crippen molar-refractivity contribution in [3.8, 4) is 0 Å². The smallest absolute Gasteiger partial charge is 0.389 e. The van der Waals surface area contributed by atoms with Gasteiger partial charge in [-0.15, -0.1) is 0 Å². The summed E-state index contributed by atoms with van der Waals surface area (Å²) in [4.78, 5) is 2.03. The van der Waals surface area contributed by atoms with Crippen molar-refractivity contribution in [1.82, 2.24) is 4.90 Å². The van der Waals surface area contributed by atoms with Crippen molar-refractivity contribution in [2.75, 3.05) is 26.2 Å². The molecule has 7 heteroatoms. The molecule has 84 valence electrons. The quantitative estimate of drug-likeness (QED) is 0.599. The van der Waals surface area contributed by atoms with Crippen molar-refractivity contribution < 1.29 is 22.3 Å². The topological polar surface area (TPSA) is 87.1 Å². The van der Waals surface area contributed by atoms with Gasteiger partial charge in [-0.2, -0.15) is 8.42 Å². The molecule has 1 atom stereocenters. The van der Waals surface area contributed by atoms with Gasteiger partial charge in [0.1, 0.15) is 0 Å². The van der Waals surface area contributed by atoms with E-state index in [0.29, 0.717) is 6.54 Å². The lowest BCUT2D eigenvalue weighted by Gasteiger charge is -2.18. The Hall–Kier alpha value is -0.210. The lowest BCUT2D eigenvalue weighted by atomic mass is 10.3. The van der Waals surface area contributed by atoms with Crippen molar-refractivity contribution in [1.29, 1.82) is 0 Å². The number of aliphatic hydroxyl groups excluding tert-OH is 1. The highest BCUT2D eigenvalue weighted by molar-refractivity contribution is 7.80. The van der Waals surface area contributed by atoms with Gasteiger partial charge in [0, 0.05) is 6.54 Å². The summed E-state index contributed by atoms with van der Waals surface area (Å²) in [5, 5.41) is 9.33. The lowest BCUT2D eigenvalue weighted by Crippen LogP contribution is -2.33. The molecule has 0 radical (unpaired) electrons. The molecule has 1 unspecified atom stereocenters. The SMILES string of the molecule is O=S(=O)(O)OCC(O)CN1CCCC1. The highest BCUT2D eigenvalue weighted by atomic mass is 32.3. The van der Waals surface area contributed by atoms with E-state index in [9.17, 15) is 13.5 Å². The van der Waals surface area contributed by atoms with E-state index >= 15 is 0 Å². The van der Waals surface area contributed by atoms with Crippen LogP contribution in [0.4, 0.5) is 0 Å². The molecule has 1 heterocycles. The summed E-state index contributed by atoms with van der Waals surface area (Å²) in [7, 11) is -4.43. The van der Waals surface area contributed by atoms with E-state index in [1.165, 1.54) is 0 Å². The number of aliphatic hydroxyl groups is 1. The van der Waals surface area contributed by atoms with Crippen molar-refractivity contribution in [2.45, 2.75) is 18.9 Å².